The van der Waals surface area contributed by atoms with Gasteiger partial charge in [-0.25, -0.2) is 0 Å². The minimum Gasteiger partial charge on any atom is -0.483 e. The van der Waals surface area contributed by atoms with Gasteiger partial charge in [0.15, 0.2) is 6.61 Å². The summed E-state index contributed by atoms with van der Waals surface area (Å²) in [7, 11) is 0. The van der Waals surface area contributed by atoms with E-state index in [0.29, 0.717) is 5.75 Å². The number of carbonyl (C=O) groups excluding carboxylic acids is 1. The number of nitrogens with one attached hydrogen (secondary N) is 1. The van der Waals surface area contributed by atoms with Crippen molar-refractivity contribution in [1.82, 2.24) is 5.32 Å². The fourth-order valence-corrected chi connectivity index (χ4v) is 3.17. The Hall–Kier alpha value is -1.07. The molecule has 1 aromatic rings. The molecule has 1 aliphatic rings. The molecule has 1 amide bonds. The van der Waals surface area contributed by atoms with Crippen LogP contribution in [0.15, 0.2) is 22.7 Å². The molecule has 2 N–H and O–H groups in total. The average Bonchev–Trinajstić information content (AvgIpc) is 2.85. The molecule has 5 heteroatoms. The molecule has 0 spiro atoms. The molecule has 0 radical (unpaired) electrons. The summed E-state index contributed by atoms with van der Waals surface area (Å²) < 4.78 is 6.36. The molecule has 0 aromatic heterocycles. The quantitative estimate of drug-likeness (QED) is 0.864. The molecule has 0 aliphatic heterocycles. The lowest BCUT2D eigenvalue weighted by molar-refractivity contribution is -0.124. The summed E-state index contributed by atoms with van der Waals surface area (Å²) in [5.74, 6) is 0.712. The number of aliphatic hydroxyl groups excluding tert-OH is 1. The van der Waals surface area contributed by atoms with Crippen molar-refractivity contribution in [3.8, 4) is 5.75 Å². The number of rotatable bonds is 5. The molecular weight excluding hydrogens is 322 g/mol. The SMILES string of the molecule is Cc1ccc(OCC(=O)NC2CCCC2CO)c(Br)c1. The van der Waals surface area contributed by atoms with Gasteiger partial charge in [-0.1, -0.05) is 12.5 Å². The number of hydrogen-bond acceptors (Lipinski definition) is 3. The number of halogens is 1. The lowest BCUT2D eigenvalue weighted by atomic mass is 10.1. The van der Waals surface area contributed by atoms with Crippen molar-refractivity contribution < 1.29 is 14.6 Å². The van der Waals surface area contributed by atoms with E-state index in [1.54, 1.807) is 0 Å². The molecule has 1 saturated carbocycles. The van der Waals surface area contributed by atoms with E-state index < -0.39 is 0 Å². The molecule has 0 saturated heterocycles. The molecule has 2 rings (SSSR count). The summed E-state index contributed by atoms with van der Waals surface area (Å²) >= 11 is 3.42. The number of ether oxygens (including phenoxy) is 1. The van der Waals surface area contributed by atoms with Gasteiger partial charge >= 0.3 is 0 Å². The van der Waals surface area contributed by atoms with Gasteiger partial charge in [0.25, 0.3) is 5.91 Å². The van der Waals surface area contributed by atoms with Crippen molar-refractivity contribution in [2.75, 3.05) is 13.2 Å². The third-order valence-electron chi connectivity index (χ3n) is 3.69. The number of aryl methyl sites for hydroxylation is 1. The molecule has 2 atom stereocenters. The zero-order valence-electron chi connectivity index (χ0n) is 11.6. The van der Waals surface area contributed by atoms with Crippen LogP contribution in [0.1, 0.15) is 24.8 Å². The van der Waals surface area contributed by atoms with Crippen LogP contribution in [-0.4, -0.2) is 30.3 Å². The first kappa shape index (κ1) is 15.3. The van der Waals surface area contributed by atoms with Gasteiger partial charge in [-0.2, -0.15) is 0 Å². The van der Waals surface area contributed by atoms with Crippen molar-refractivity contribution in [1.29, 1.82) is 0 Å². The fourth-order valence-electron chi connectivity index (χ4n) is 2.56. The molecule has 20 heavy (non-hydrogen) atoms. The molecular formula is C15H20BrNO3. The first-order chi connectivity index (χ1) is 9.60. The Labute approximate surface area is 127 Å². The Kier molecular flexibility index (Phi) is 5.43. The van der Waals surface area contributed by atoms with Crippen LogP contribution in [0.4, 0.5) is 0 Å². The summed E-state index contributed by atoms with van der Waals surface area (Å²) in [6, 6.07) is 5.82. The van der Waals surface area contributed by atoms with Crippen molar-refractivity contribution in [2.45, 2.75) is 32.2 Å². The highest BCUT2D eigenvalue weighted by Gasteiger charge is 2.27. The minimum atomic E-state index is -0.136. The lowest BCUT2D eigenvalue weighted by Crippen LogP contribution is -2.41. The topological polar surface area (TPSA) is 58.6 Å². The van der Waals surface area contributed by atoms with Crippen LogP contribution in [0, 0.1) is 12.8 Å². The number of benzene rings is 1. The highest BCUT2D eigenvalue weighted by Crippen LogP contribution is 2.26. The second kappa shape index (κ2) is 7.09. The Morgan fingerprint density at radius 2 is 2.30 bits per heavy atom. The maximum absolute atomic E-state index is 11.9. The third-order valence-corrected chi connectivity index (χ3v) is 4.31. The molecule has 110 valence electrons. The maximum Gasteiger partial charge on any atom is 0.258 e. The standard InChI is InChI=1S/C15H20BrNO3/c1-10-5-6-14(12(16)7-10)20-9-15(19)17-13-4-2-3-11(13)8-18/h5-7,11,13,18H,2-4,8-9H2,1H3,(H,17,19). The van der Waals surface area contributed by atoms with Crippen molar-refractivity contribution in [3.63, 3.8) is 0 Å². The first-order valence-corrected chi connectivity index (χ1v) is 7.68. The largest absolute Gasteiger partial charge is 0.483 e. The normalized spacial score (nSPS) is 21.8. The fraction of sp³-hybridized carbons (Fsp3) is 0.533. The second-order valence-corrected chi connectivity index (χ2v) is 6.12. The zero-order valence-corrected chi connectivity index (χ0v) is 13.1. The summed E-state index contributed by atoms with van der Waals surface area (Å²) in [6.07, 6.45) is 2.97. The van der Waals surface area contributed by atoms with Crippen LogP contribution in [0.25, 0.3) is 0 Å². The minimum absolute atomic E-state index is 0.00366. The lowest BCUT2D eigenvalue weighted by Gasteiger charge is -2.19. The molecule has 4 nitrogen and oxygen atoms in total. The van der Waals surface area contributed by atoms with Crippen LogP contribution in [-0.2, 0) is 4.79 Å². The Bertz CT molecular complexity index is 478. The monoisotopic (exact) mass is 341 g/mol. The van der Waals surface area contributed by atoms with Gasteiger partial charge in [-0.15, -0.1) is 0 Å². The average molecular weight is 342 g/mol. The highest BCUT2D eigenvalue weighted by molar-refractivity contribution is 9.10. The van der Waals surface area contributed by atoms with Crippen molar-refractivity contribution >= 4 is 21.8 Å². The number of carbonyl (C=O) groups is 1. The Morgan fingerprint density at radius 3 is 3.00 bits per heavy atom. The van der Waals surface area contributed by atoms with Crippen LogP contribution in [0.2, 0.25) is 0 Å². The van der Waals surface area contributed by atoms with Crippen LogP contribution in [0.5, 0.6) is 5.75 Å². The van der Waals surface area contributed by atoms with E-state index in [0.717, 1.165) is 29.3 Å². The Balaban J connectivity index is 1.83. The van der Waals surface area contributed by atoms with Gasteiger partial charge in [0, 0.05) is 18.6 Å². The number of amides is 1. The van der Waals surface area contributed by atoms with Crippen LogP contribution < -0.4 is 10.1 Å². The van der Waals surface area contributed by atoms with E-state index in [1.165, 1.54) is 0 Å². The van der Waals surface area contributed by atoms with Crippen molar-refractivity contribution in [2.24, 2.45) is 5.92 Å². The smallest absolute Gasteiger partial charge is 0.258 e. The predicted octanol–water partition coefficient (Wildman–Crippen LogP) is 2.41. The summed E-state index contributed by atoms with van der Waals surface area (Å²) in [5, 5.41) is 12.2. The van der Waals surface area contributed by atoms with Gasteiger partial charge in [-0.3, -0.25) is 4.79 Å². The molecule has 2 unspecified atom stereocenters. The van der Waals surface area contributed by atoms with Gasteiger partial charge in [0.2, 0.25) is 0 Å². The molecule has 1 aliphatic carbocycles. The van der Waals surface area contributed by atoms with Gasteiger partial charge in [0.05, 0.1) is 4.47 Å². The van der Waals surface area contributed by atoms with Crippen LogP contribution in [0.3, 0.4) is 0 Å². The summed E-state index contributed by atoms with van der Waals surface area (Å²) in [6.45, 7) is 2.13. The first-order valence-electron chi connectivity index (χ1n) is 6.89. The van der Waals surface area contributed by atoms with E-state index in [4.69, 9.17) is 4.74 Å². The Morgan fingerprint density at radius 1 is 1.50 bits per heavy atom. The molecule has 1 aromatic carbocycles. The molecule has 1 fully saturated rings. The van der Waals surface area contributed by atoms with Gasteiger partial charge in [-0.05, 0) is 53.4 Å². The van der Waals surface area contributed by atoms with Crippen LogP contribution >= 0.6 is 15.9 Å². The zero-order chi connectivity index (χ0) is 14.5. The van der Waals surface area contributed by atoms with E-state index in [-0.39, 0.29) is 31.1 Å². The highest BCUT2D eigenvalue weighted by atomic mass is 79.9. The van der Waals surface area contributed by atoms with Gasteiger partial charge < -0.3 is 15.2 Å². The molecule has 0 bridgehead atoms. The summed E-state index contributed by atoms with van der Waals surface area (Å²) in [4.78, 5) is 11.9. The van der Waals surface area contributed by atoms with E-state index in [9.17, 15) is 9.90 Å². The maximum atomic E-state index is 11.9. The molecule has 0 heterocycles. The van der Waals surface area contributed by atoms with E-state index in [2.05, 4.69) is 21.2 Å². The third kappa shape index (κ3) is 3.96. The summed E-state index contributed by atoms with van der Waals surface area (Å²) in [5.41, 5.74) is 1.13. The van der Waals surface area contributed by atoms with E-state index >= 15 is 0 Å². The predicted molar refractivity (Wildman–Crippen MR) is 80.7 cm³/mol. The van der Waals surface area contributed by atoms with E-state index in [1.807, 2.05) is 25.1 Å². The second-order valence-electron chi connectivity index (χ2n) is 5.27. The van der Waals surface area contributed by atoms with Gasteiger partial charge in [0.1, 0.15) is 5.75 Å². The number of hydrogen-bond donors (Lipinski definition) is 2. The van der Waals surface area contributed by atoms with Crippen molar-refractivity contribution in [3.05, 3.63) is 28.2 Å². The number of aliphatic hydroxyl groups is 1.